The Morgan fingerprint density at radius 3 is 2.56 bits per heavy atom. The van der Waals surface area contributed by atoms with Crippen molar-refractivity contribution in [1.29, 1.82) is 0 Å². The van der Waals surface area contributed by atoms with Gasteiger partial charge in [0.25, 0.3) is 0 Å². The minimum absolute atomic E-state index is 0.253. The van der Waals surface area contributed by atoms with Gasteiger partial charge in [0.1, 0.15) is 11.9 Å². The summed E-state index contributed by atoms with van der Waals surface area (Å²) in [5.41, 5.74) is 0.253. The van der Waals surface area contributed by atoms with Gasteiger partial charge >= 0.3 is 0 Å². The molecule has 1 fully saturated rings. The fourth-order valence-corrected chi connectivity index (χ4v) is 2.98. The van der Waals surface area contributed by atoms with Crippen LogP contribution in [-0.4, -0.2) is 18.7 Å². The Morgan fingerprint density at radius 1 is 1.33 bits per heavy atom. The molecule has 3 unspecified atom stereocenters. The standard InChI is InChI=1S/C15H22BrNO/c1-4-15(3)13(17-5-2)10-14(15)18-12-8-6-11(16)7-9-12/h6-9,13-14,17H,4-5,10H2,1-3H3. The van der Waals surface area contributed by atoms with Crippen molar-refractivity contribution in [1.82, 2.24) is 5.32 Å². The lowest BCUT2D eigenvalue weighted by molar-refractivity contribution is -0.0696. The number of benzene rings is 1. The number of rotatable bonds is 5. The average Bonchev–Trinajstić information content (AvgIpc) is 2.39. The third kappa shape index (κ3) is 2.57. The van der Waals surface area contributed by atoms with Crippen LogP contribution in [0.25, 0.3) is 0 Å². The fourth-order valence-electron chi connectivity index (χ4n) is 2.71. The van der Waals surface area contributed by atoms with Gasteiger partial charge in [0, 0.05) is 22.4 Å². The van der Waals surface area contributed by atoms with E-state index < -0.39 is 0 Å². The zero-order chi connectivity index (χ0) is 13.2. The maximum Gasteiger partial charge on any atom is 0.119 e. The van der Waals surface area contributed by atoms with E-state index in [9.17, 15) is 0 Å². The van der Waals surface area contributed by atoms with Crippen LogP contribution in [0, 0.1) is 5.41 Å². The Balaban J connectivity index is 2.00. The van der Waals surface area contributed by atoms with Crippen molar-refractivity contribution >= 4 is 15.9 Å². The third-order valence-corrected chi connectivity index (χ3v) is 4.81. The van der Waals surface area contributed by atoms with Crippen LogP contribution >= 0.6 is 15.9 Å². The van der Waals surface area contributed by atoms with Crippen molar-refractivity contribution in [2.24, 2.45) is 5.41 Å². The Bertz CT molecular complexity index is 392. The molecule has 1 N–H and O–H groups in total. The molecule has 0 aliphatic heterocycles. The molecular formula is C15H22BrNO. The highest BCUT2D eigenvalue weighted by atomic mass is 79.9. The Labute approximate surface area is 118 Å². The van der Waals surface area contributed by atoms with Crippen molar-refractivity contribution in [3.8, 4) is 5.75 Å². The van der Waals surface area contributed by atoms with E-state index in [-0.39, 0.29) is 5.41 Å². The van der Waals surface area contributed by atoms with Gasteiger partial charge in [-0.1, -0.05) is 36.7 Å². The summed E-state index contributed by atoms with van der Waals surface area (Å²) in [6.45, 7) is 7.78. The van der Waals surface area contributed by atoms with E-state index in [4.69, 9.17) is 4.74 Å². The van der Waals surface area contributed by atoms with Gasteiger partial charge < -0.3 is 10.1 Å². The monoisotopic (exact) mass is 311 g/mol. The number of halogens is 1. The SMILES string of the molecule is CCNC1CC(Oc2ccc(Br)cc2)C1(C)CC. The van der Waals surface area contributed by atoms with E-state index in [1.807, 2.05) is 24.3 Å². The minimum atomic E-state index is 0.253. The van der Waals surface area contributed by atoms with Crippen LogP contribution in [-0.2, 0) is 0 Å². The Hall–Kier alpha value is -0.540. The van der Waals surface area contributed by atoms with E-state index in [1.165, 1.54) is 0 Å². The molecule has 18 heavy (non-hydrogen) atoms. The second-order valence-electron chi connectivity index (χ2n) is 5.27. The van der Waals surface area contributed by atoms with Crippen molar-refractivity contribution < 1.29 is 4.74 Å². The van der Waals surface area contributed by atoms with E-state index in [0.29, 0.717) is 12.1 Å². The molecule has 2 rings (SSSR count). The van der Waals surface area contributed by atoms with E-state index >= 15 is 0 Å². The second kappa shape index (κ2) is 5.62. The molecule has 100 valence electrons. The minimum Gasteiger partial charge on any atom is -0.490 e. The average molecular weight is 312 g/mol. The lowest BCUT2D eigenvalue weighted by atomic mass is 9.61. The van der Waals surface area contributed by atoms with Crippen molar-refractivity contribution in [2.45, 2.75) is 45.8 Å². The van der Waals surface area contributed by atoms with Crippen LogP contribution in [0.3, 0.4) is 0 Å². The number of hydrogen-bond acceptors (Lipinski definition) is 2. The molecule has 3 atom stereocenters. The Kier molecular flexibility index (Phi) is 4.33. The molecule has 0 aromatic heterocycles. The van der Waals surface area contributed by atoms with Gasteiger partial charge in [-0.15, -0.1) is 0 Å². The highest BCUT2D eigenvalue weighted by molar-refractivity contribution is 9.10. The van der Waals surface area contributed by atoms with Gasteiger partial charge in [-0.2, -0.15) is 0 Å². The first kappa shape index (κ1) is 13.9. The van der Waals surface area contributed by atoms with Crippen LogP contribution < -0.4 is 10.1 Å². The predicted octanol–water partition coefficient (Wildman–Crippen LogP) is 3.99. The zero-order valence-corrected chi connectivity index (χ0v) is 13.0. The number of nitrogens with one attached hydrogen (secondary N) is 1. The van der Waals surface area contributed by atoms with Gasteiger partial charge in [-0.25, -0.2) is 0 Å². The molecule has 0 radical (unpaired) electrons. The summed E-state index contributed by atoms with van der Waals surface area (Å²) in [5, 5.41) is 3.56. The van der Waals surface area contributed by atoms with Gasteiger partial charge in [-0.3, -0.25) is 0 Å². The number of ether oxygens (including phenoxy) is 1. The molecule has 1 aliphatic rings. The van der Waals surface area contributed by atoms with Crippen LogP contribution in [0.2, 0.25) is 0 Å². The summed E-state index contributed by atoms with van der Waals surface area (Å²) in [4.78, 5) is 0. The smallest absolute Gasteiger partial charge is 0.119 e. The fraction of sp³-hybridized carbons (Fsp3) is 0.600. The summed E-state index contributed by atoms with van der Waals surface area (Å²) in [5.74, 6) is 0.970. The second-order valence-corrected chi connectivity index (χ2v) is 6.18. The first-order valence-electron chi connectivity index (χ1n) is 6.75. The molecule has 1 aromatic rings. The molecule has 0 bridgehead atoms. The normalized spacial score (nSPS) is 30.9. The van der Waals surface area contributed by atoms with Crippen LogP contribution in [0.4, 0.5) is 0 Å². The summed E-state index contributed by atoms with van der Waals surface area (Å²) < 4.78 is 7.22. The molecule has 1 aliphatic carbocycles. The van der Waals surface area contributed by atoms with Crippen LogP contribution in [0.1, 0.15) is 33.6 Å². The summed E-state index contributed by atoms with van der Waals surface area (Å²) in [7, 11) is 0. The largest absolute Gasteiger partial charge is 0.490 e. The predicted molar refractivity (Wildman–Crippen MR) is 79.0 cm³/mol. The maximum atomic E-state index is 6.13. The van der Waals surface area contributed by atoms with Crippen molar-refractivity contribution in [3.63, 3.8) is 0 Å². The molecule has 0 amide bonds. The van der Waals surface area contributed by atoms with E-state index in [0.717, 1.165) is 29.6 Å². The highest BCUT2D eigenvalue weighted by Crippen LogP contribution is 2.46. The quantitative estimate of drug-likeness (QED) is 0.887. The summed E-state index contributed by atoms with van der Waals surface area (Å²) in [6.07, 6.45) is 2.58. The van der Waals surface area contributed by atoms with Crippen LogP contribution in [0.5, 0.6) is 5.75 Å². The van der Waals surface area contributed by atoms with Crippen molar-refractivity contribution in [3.05, 3.63) is 28.7 Å². The molecule has 1 saturated carbocycles. The molecule has 1 aromatic carbocycles. The zero-order valence-electron chi connectivity index (χ0n) is 11.4. The van der Waals surface area contributed by atoms with E-state index in [1.54, 1.807) is 0 Å². The van der Waals surface area contributed by atoms with Gasteiger partial charge in [0.05, 0.1) is 0 Å². The summed E-state index contributed by atoms with van der Waals surface area (Å²) >= 11 is 3.44. The van der Waals surface area contributed by atoms with Gasteiger partial charge in [0.2, 0.25) is 0 Å². The van der Waals surface area contributed by atoms with Crippen LogP contribution in [0.15, 0.2) is 28.7 Å². The molecular weight excluding hydrogens is 290 g/mol. The first-order valence-corrected chi connectivity index (χ1v) is 7.55. The van der Waals surface area contributed by atoms with Gasteiger partial charge in [0.15, 0.2) is 0 Å². The molecule has 0 heterocycles. The maximum absolute atomic E-state index is 6.13. The molecule has 0 saturated heterocycles. The molecule has 0 spiro atoms. The summed E-state index contributed by atoms with van der Waals surface area (Å²) in [6, 6.07) is 8.70. The van der Waals surface area contributed by atoms with Crippen molar-refractivity contribution in [2.75, 3.05) is 6.54 Å². The lowest BCUT2D eigenvalue weighted by Crippen LogP contribution is -2.63. The highest BCUT2D eigenvalue weighted by Gasteiger charge is 2.51. The topological polar surface area (TPSA) is 21.3 Å². The third-order valence-electron chi connectivity index (χ3n) is 4.29. The van der Waals surface area contributed by atoms with Gasteiger partial charge in [-0.05, 0) is 37.2 Å². The first-order chi connectivity index (χ1) is 8.60. The van der Waals surface area contributed by atoms with E-state index in [2.05, 4.69) is 42.0 Å². The lowest BCUT2D eigenvalue weighted by Gasteiger charge is -2.53. The molecule has 3 heteroatoms. The number of hydrogen-bond donors (Lipinski definition) is 1. The molecule has 2 nitrogen and oxygen atoms in total. The Morgan fingerprint density at radius 2 is 2.00 bits per heavy atom.